The van der Waals surface area contributed by atoms with Gasteiger partial charge < -0.3 is 10.6 Å². The van der Waals surface area contributed by atoms with E-state index in [-0.39, 0.29) is 23.2 Å². The molecule has 9 heteroatoms. The van der Waals surface area contributed by atoms with Crippen molar-refractivity contribution in [3.63, 3.8) is 0 Å². The van der Waals surface area contributed by atoms with Crippen LogP contribution in [0.5, 0.6) is 0 Å². The monoisotopic (exact) mass is 401 g/mol. The third-order valence-electron chi connectivity index (χ3n) is 4.95. The highest BCUT2D eigenvalue weighted by Gasteiger charge is 2.28. The maximum Gasteiger partial charge on any atom is 0.275 e. The lowest BCUT2D eigenvalue weighted by molar-refractivity contribution is 0.0936. The molecule has 0 unspecified atom stereocenters. The average molecular weight is 401 g/mol. The Morgan fingerprint density at radius 3 is 2.63 bits per heavy atom. The van der Waals surface area contributed by atoms with E-state index < -0.39 is 5.91 Å². The van der Waals surface area contributed by atoms with E-state index >= 15 is 0 Å². The van der Waals surface area contributed by atoms with Gasteiger partial charge in [0.25, 0.3) is 11.8 Å². The molecule has 0 radical (unpaired) electrons. The van der Waals surface area contributed by atoms with Crippen LogP contribution in [0.2, 0.25) is 0 Å². The Hall–Kier alpha value is -4.01. The molecular weight excluding hydrogens is 382 g/mol. The predicted molar refractivity (Wildman–Crippen MR) is 110 cm³/mol. The van der Waals surface area contributed by atoms with Crippen molar-refractivity contribution in [3.8, 4) is 11.3 Å². The Kier molecular flexibility index (Phi) is 4.27. The average Bonchev–Trinajstić information content (AvgIpc) is 3.31. The van der Waals surface area contributed by atoms with Crippen LogP contribution < -0.4 is 10.6 Å². The molecule has 3 aromatic heterocycles. The molecule has 1 fully saturated rings. The highest BCUT2D eigenvalue weighted by molar-refractivity contribution is 6.10. The molecule has 1 aromatic carbocycles. The summed E-state index contributed by atoms with van der Waals surface area (Å²) < 4.78 is 3.18. The van der Waals surface area contributed by atoms with Gasteiger partial charge in [-0.05, 0) is 18.9 Å². The summed E-state index contributed by atoms with van der Waals surface area (Å²) in [5.74, 6) is 0.0541. The molecule has 0 atom stereocenters. The van der Waals surface area contributed by atoms with Crippen LogP contribution in [0.25, 0.3) is 17.0 Å². The number of imidazole rings is 1. The van der Waals surface area contributed by atoms with E-state index in [2.05, 4.69) is 25.7 Å². The van der Waals surface area contributed by atoms with Crippen LogP contribution >= 0.6 is 0 Å². The molecule has 0 aliphatic heterocycles. The fraction of sp³-hybridized carbons (Fsp3) is 0.190. The quantitative estimate of drug-likeness (QED) is 0.534. The molecule has 30 heavy (non-hydrogen) atoms. The molecule has 2 amide bonds. The van der Waals surface area contributed by atoms with Crippen molar-refractivity contribution >= 4 is 23.4 Å². The second kappa shape index (κ2) is 7.11. The molecule has 4 aromatic rings. The minimum absolute atomic E-state index is 0.183. The first-order valence-electron chi connectivity index (χ1n) is 9.64. The number of amides is 2. The molecule has 2 N–H and O–H groups in total. The predicted octanol–water partition coefficient (Wildman–Crippen LogP) is 2.27. The molecule has 0 bridgehead atoms. The Bertz CT molecular complexity index is 1260. The van der Waals surface area contributed by atoms with Gasteiger partial charge in [-0.1, -0.05) is 30.3 Å². The van der Waals surface area contributed by atoms with Gasteiger partial charge in [-0.15, -0.1) is 0 Å². The molecule has 0 saturated heterocycles. The molecule has 5 rings (SSSR count). The Labute approximate surface area is 171 Å². The van der Waals surface area contributed by atoms with Gasteiger partial charge in [0.2, 0.25) is 5.78 Å². The first kappa shape index (κ1) is 18.0. The SMILES string of the molecule is Cn1ncc(C(=O)NC2CC2)c1C(=O)Nc1ccn2cc(-c3ccccc3)nc2n1. The second-order valence-corrected chi connectivity index (χ2v) is 7.24. The first-order chi connectivity index (χ1) is 14.6. The molecule has 1 aliphatic carbocycles. The van der Waals surface area contributed by atoms with Crippen LogP contribution in [0.3, 0.4) is 0 Å². The number of fused-ring (bicyclic) bond motifs is 1. The fourth-order valence-corrected chi connectivity index (χ4v) is 3.23. The zero-order valence-electron chi connectivity index (χ0n) is 16.2. The number of hydrogen-bond acceptors (Lipinski definition) is 5. The maximum atomic E-state index is 12.9. The van der Waals surface area contributed by atoms with Crippen molar-refractivity contribution in [1.29, 1.82) is 0 Å². The number of carbonyl (C=O) groups is 2. The summed E-state index contributed by atoms with van der Waals surface area (Å²) >= 11 is 0. The Morgan fingerprint density at radius 1 is 1.07 bits per heavy atom. The van der Waals surface area contributed by atoms with Crippen molar-refractivity contribution in [2.75, 3.05) is 5.32 Å². The van der Waals surface area contributed by atoms with Gasteiger partial charge in [-0.2, -0.15) is 10.1 Å². The Balaban J connectivity index is 1.40. The van der Waals surface area contributed by atoms with Crippen LogP contribution in [-0.2, 0) is 7.05 Å². The zero-order chi connectivity index (χ0) is 20.7. The van der Waals surface area contributed by atoms with Crippen LogP contribution in [-0.4, -0.2) is 42.0 Å². The van der Waals surface area contributed by atoms with Gasteiger partial charge >= 0.3 is 0 Å². The minimum Gasteiger partial charge on any atom is -0.349 e. The number of rotatable bonds is 5. The van der Waals surface area contributed by atoms with Gasteiger partial charge in [-0.3, -0.25) is 18.7 Å². The highest BCUT2D eigenvalue weighted by atomic mass is 16.2. The van der Waals surface area contributed by atoms with Crippen LogP contribution in [0.4, 0.5) is 5.82 Å². The number of aryl methyl sites for hydroxylation is 1. The molecule has 1 aliphatic rings. The van der Waals surface area contributed by atoms with Gasteiger partial charge in [-0.25, -0.2) is 4.98 Å². The van der Waals surface area contributed by atoms with Crippen molar-refractivity contribution in [2.24, 2.45) is 7.05 Å². The summed E-state index contributed by atoms with van der Waals surface area (Å²) in [6.07, 6.45) is 7.00. The number of nitrogens with one attached hydrogen (secondary N) is 2. The normalized spacial score (nSPS) is 13.4. The lowest BCUT2D eigenvalue weighted by atomic mass is 10.2. The standard InChI is InChI=1S/C21H19N7O2/c1-27-18(15(11-22-27)19(29)23-14-7-8-14)20(30)25-17-9-10-28-12-16(24-21(28)26-17)13-5-3-2-4-6-13/h2-6,9-12,14H,7-8H2,1H3,(H,23,29)(H,24,25,26,30). The van der Waals surface area contributed by atoms with Crippen molar-refractivity contribution in [3.05, 3.63) is 66.2 Å². The second-order valence-electron chi connectivity index (χ2n) is 7.24. The molecular formula is C21H19N7O2. The van der Waals surface area contributed by atoms with Gasteiger partial charge in [0.15, 0.2) is 0 Å². The van der Waals surface area contributed by atoms with E-state index in [9.17, 15) is 9.59 Å². The molecule has 1 saturated carbocycles. The van der Waals surface area contributed by atoms with E-state index in [4.69, 9.17) is 0 Å². The Morgan fingerprint density at radius 2 is 1.87 bits per heavy atom. The fourth-order valence-electron chi connectivity index (χ4n) is 3.23. The third-order valence-corrected chi connectivity index (χ3v) is 4.95. The number of nitrogens with zero attached hydrogens (tertiary/aromatic N) is 5. The van der Waals surface area contributed by atoms with E-state index in [0.29, 0.717) is 11.6 Å². The van der Waals surface area contributed by atoms with Crippen molar-refractivity contribution in [1.82, 2.24) is 29.5 Å². The highest BCUT2D eigenvalue weighted by Crippen LogP contribution is 2.21. The number of aromatic nitrogens is 5. The molecule has 9 nitrogen and oxygen atoms in total. The number of benzene rings is 1. The van der Waals surface area contributed by atoms with Gasteiger partial charge in [0.05, 0.1) is 17.5 Å². The summed E-state index contributed by atoms with van der Waals surface area (Å²) in [4.78, 5) is 34.3. The molecule has 150 valence electrons. The van der Waals surface area contributed by atoms with E-state index in [0.717, 1.165) is 24.1 Å². The third kappa shape index (κ3) is 3.41. The van der Waals surface area contributed by atoms with Gasteiger partial charge in [0, 0.05) is 31.0 Å². The number of hydrogen-bond donors (Lipinski definition) is 2. The van der Waals surface area contributed by atoms with Crippen molar-refractivity contribution in [2.45, 2.75) is 18.9 Å². The van der Waals surface area contributed by atoms with Crippen LogP contribution in [0.15, 0.2) is 55.0 Å². The smallest absolute Gasteiger partial charge is 0.275 e. The van der Waals surface area contributed by atoms with E-state index in [1.807, 2.05) is 36.5 Å². The topological polar surface area (TPSA) is 106 Å². The van der Waals surface area contributed by atoms with Crippen LogP contribution in [0, 0.1) is 0 Å². The summed E-state index contributed by atoms with van der Waals surface area (Å²) in [6.45, 7) is 0. The van der Waals surface area contributed by atoms with Crippen molar-refractivity contribution < 1.29 is 9.59 Å². The lowest BCUT2D eigenvalue weighted by Crippen LogP contribution is -2.28. The number of anilines is 1. The summed E-state index contributed by atoms with van der Waals surface area (Å²) in [5, 5.41) is 9.70. The molecule has 0 spiro atoms. The number of carbonyl (C=O) groups excluding carboxylic acids is 2. The summed E-state index contributed by atoms with van der Waals surface area (Å²) in [7, 11) is 1.63. The minimum atomic E-state index is -0.456. The zero-order valence-corrected chi connectivity index (χ0v) is 16.2. The largest absolute Gasteiger partial charge is 0.349 e. The molecule has 3 heterocycles. The van der Waals surface area contributed by atoms with E-state index in [1.54, 1.807) is 23.7 Å². The van der Waals surface area contributed by atoms with Crippen LogP contribution in [0.1, 0.15) is 33.7 Å². The summed E-state index contributed by atoms with van der Waals surface area (Å²) in [6, 6.07) is 11.7. The lowest BCUT2D eigenvalue weighted by Gasteiger charge is -2.08. The summed E-state index contributed by atoms with van der Waals surface area (Å²) in [5.41, 5.74) is 2.20. The van der Waals surface area contributed by atoms with Gasteiger partial charge in [0.1, 0.15) is 11.5 Å². The maximum absolute atomic E-state index is 12.9. The van der Waals surface area contributed by atoms with E-state index in [1.165, 1.54) is 10.9 Å². The first-order valence-corrected chi connectivity index (χ1v) is 9.64.